The first-order valence-electron chi connectivity index (χ1n) is 5.76. The Labute approximate surface area is 98.5 Å². The van der Waals surface area contributed by atoms with Crippen LogP contribution in [0, 0.1) is 10.8 Å². The summed E-state index contributed by atoms with van der Waals surface area (Å²) < 4.78 is 25.9. The summed E-state index contributed by atoms with van der Waals surface area (Å²) >= 11 is 0. The van der Waals surface area contributed by atoms with Crippen LogP contribution in [0.2, 0.25) is 0 Å². The minimum atomic E-state index is -3.18. The molecule has 1 saturated carbocycles. The van der Waals surface area contributed by atoms with E-state index < -0.39 is 10.0 Å². The Balaban J connectivity index is 2.35. The molecule has 2 N–H and O–H groups in total. The maximum atomic E-state index is 11.7. The van der Waals surface area contributed by atoms with Gasteiger partial charge in [-0.1, -0.05) is 20.8 Å². The van der Waals surface area contributed by atoms with Crippen LogP contribution in [0.4, 0.5) is 0 Å². The van der Waals surface area contributed by atoms with Crippen molar-refractivity contribution >= 4 is 10.0 Å². The average molecular weight is 249 g/mol. The van der Waals surface area contributed by atoms with Gasteiger partial charge in [0.2, 0.25) is 10.0 Å². The van der Waals surface area contributed by atoms with Crippen molar-refractivity contribution in [2.24, 2.45) is 10.8 Å². The fraction of sp³-hybridized carbons (Fsp3) is 1.00. The topological polar surface area (TPSA) is 66.4 Å². The standard InChI is InChI=1S/C11H23NO3S/c1-10(2,3)6-7-16(14,15)12-8-11(9-13)4-5-11/h12-13H,4-9H2,1-3H3. The highest BCUT2D eigenvalue weighted by molar-refractivity contribution is 7.89. The van der Waals surface area contributed by atoms with Gasteiger partial charge in [0, 0.05) is 18.6 Å². The molecular weight excluding hydrogens is 226 g/mol. The fourth-order valence-corrected chi connectivity index (χ4v) is 2.89. The Morgan fingerprint density at radius 1 is 1.31 bits per heavy atom. The maximum Gasteiger partial charge on any atom is 0.211 e. The van der Waals surface area contributed by atoms with E-state index in [9.17, 15) is 8.42 Å². The second-order valence-corrected chi connectivity index (χ2v) is 8.04. The van der Waals surface area contributed by atoms with Crippen molar-refractivity contribution in [3.05, 3.63) is 0 Å². The largest absolute Gasteiger partial charge is 0.396 e. The van der Waals surface area contributed by atoms with Gasteiger partial charge in [0.15, 0.2) is 0 Å². The first-order chi connectivity index (χ1) is 7.18. The smallest absolute Gasteiger partial charge is 0.211 e. The molecule has 1 rings (SSSR count). The lowest BCUT2D eigenvalue weighted by molar-refractivity contribution is 0.213. The van der Waals surface area contributed by atoms with Crippen LogP contribution in [0.5, 0.6) is 0 Å². The Bertz CT molecular complexity index is 326. The van der Waals surface area contributed by atoms with E-state index in [-0.39, 0.29) is 23.2 Å². The molecule has 0 unspecified atom stereocenters. The van der Waals surface area contributed by atoms with Gasteiger partial charge in [-0.15, -0.1) is 0 Å². The molecule has 1 fully saturated rings. The molecular formula is C11H23NO3S. The number of hydrogen-bond acceptors (Lipinski definition) is 3. The van der Waals surface area contributed by atoms with Crippen LogP contribution in [-0.4, -0.2) is 32.4 Å². The minimum absolute atomic E-state index is 0.0308. The van der Waals surface area contributed by atoms with E-state index in [1.165, 1.54) is 0 Å². The molecule has 96 valence electrons. The molecule has 1 aliphatic rings. The second-order valence-electron chi connectivity index (χ2n) is 6.11. The predicted octanol–water partition coefficient (Wildman–Crippen LogP) is 1.11. The van der Waals surface area contributed by atoms with Crippen LogP contribution in [0.15, 0.2) is 0 Å². The van der Waals surface area contributed by atoms with Crippen LogP contribution in [0.3, 0.4) is 0 Å². The highest BCUT2D eigenvalue weighted by Crippen LogP contribution is 2.44. The average Bonchev–Trinajstić information content (AvgIpc) is 2.92. The lowest BCUT2D eigenvalue weighted by atomic mass is 9.94. The zero-order valence-electron chi connectivity index (χ0n) is 10.4. The Hall–Kier alpha value is -0.130. The number of aliphatic hydroxyl groups is 1. The molecule has 0 heterocycles. The van der Waals surface area contributed by atoms with Crippen molar-refractivity contribution < 1.29 is 13.5 Å². The predicted molar refractivity (Wildman–Crippen MR) is 64.6 cm³/mol. The molecule has 0 radical (unpaired) electrons. The van der Waals surface area contributed by atoms with E-state index in [0.29, 0.717) is 13.0 Å². The summed E-state index contributed by atoms with van der Waals surface area (Å²) in [5, 5.41) is 9.08. The van der Waals surface area contributed by atoms with Gasteiger partial charge >= 0.3 is 0 Å². The van der Waals surface area contributed by atoms with E-state index in [2.05, 4.69) is 4.72 Å². The molecule has 4 nitrogen and oxygen atoms in total. The first-order valence-corrected chi connectivity index (χ1v) is 7.42. The third kappa shape index (κ3) is 4.80. The Kier molecular flexibility index (Phi) is 4.03. The van der Waals surface area contributed by atoms with E-state index in [0.717, 1.165) is 12.8 Å². The molecule has 5 heteroatoms. The number of nitrogens with one attached hydrogen (secondary N) is 1. The zero-order valence-corrected chi connectivity index (χ0v) is 11.2. The molecule has 0 atom stereocenters. The number of hydrogen-bond donors (Lipinski definition) is 2. The summed E-state index contributed by atoms with van der Waals surface area (Å²) in [7, 11) is -3.18. The van der Waals surface area contributed by atoms with E-state index in [4.69, 9.17) is 5.11 Å². The van der Waals surface area contributed by atoms with Crippen LogP contribution < -0.4 is 4.72 Å². The van der Waals surface area contributed by atoms with Crippen LogP contribution >= 0.6 is 0 Å². The van der Waals surface area contributed by atoms with Crippen LogP contribution in [0.25, 0.3) is 0 Å². The highest BCUT2D eigenvalue weighted by atomic mass is 32.2. The van der Waals surface area contributed by atoms with Gasteiger partial charge in [-0.05, 0) is 24.7 Å². The molecule has 0 aromatic rings. The summed E-state index contributed by atoms with van der Waals surface area (Å²) in [5.74, 6) is 0.165. The third-order valence-corrected chi connectivity index (χ3v) is 4.41. The van der Waals surface area contributed by atoms with Crippen molar-refractivity contribution in [2.45, 2.75) is 40.0 Å². The van der Waals surface area contributed by atoms with Crippen molar-refractivity contribution in [1.82, 2.24) is 4.72 Å². The SMILES string of the molecule is CC(C)(C)CCS(=O)(=O)NCC1(CO)CC1. The van der Waals surface area contributed by atoms with Gasteiger partial charge in [-0.3, -0.25) is 0 Å². The lowest BCUT2D eigenvalue weighted by Gasteiger charge is -2.19. The quantitative estimate of drug-likeness (QED) is 0.741. The lowest BCUT2D eigenvalue weighted by Crippen LogP contribution is -2.34. The van der Waals surface area contributed by atoms with Crippen molar-refractivity contribution in [2.75, 3.05) is 18.9 Å². The fourth-order valence-electron chi connectivity index (χ4n) is 1.34. The Morgan fingerprint density at radius 3 is 2.25 bits per heavy atom. The Morgan fingerprint density at radius 2 is 1.88 bits per heavy atom. The first kappa shape index (κ1) is 13.9. The molecule has 0 saturated heterocycles. The van der Waals surface area contributed by atoms with E-state index in [1.54, 1.807) is 0 Å². The number of aliphatic hydroxyl groups excluding tert-OH is 1. The van der Waals surface area contributed by atoms with Crippen LogP contribution in [0.1, 0.15) is 40.0 Å². The second kappa shape index (κ2) is 4.63. The monoisotopic (exact) mass is 249 g/mol. The molecule has 0 spiro atoms. The molecule has 0 aliphatic heterocycles. The van der Waals surface area contributed by atoms with Crippen molar-refractivity contribution in [3.8, 4) is 0 Å². The summed E-state index contributed by atoms with van der Waals surface area (Å²) in [5.41, 5.74) is -0.127. The van der Waals surface area contributed by atoms with Gasteiger partial charge in [0.1, 0.15) is 0 Å². The maximum absolute atomic E-state index is 11.7. The highest BCUT2D eigenvalue weighted by Gasteiger charge is 2.42. The minimum Gasteiger partial charge on any atom is -0.396 e. The summed E-state index contributed by atoms with van der Waals surface area (Å²) in [4.78, 5) is 0. The summed E-state index contributed by atoms with van der Waals surface area (Å²) in [6, 6.07) is 0. The number of sulfonamides is 1. The van der Waals surface area contributed by atoms with Crippen molar-refractivity contribution in [3.63, 3.8) is 0 Å². The number of rotatable bonds is 6. The van der Waals surface area contributed by atoms with Crippen LogP contribution in [-0.2, 0) is 10.0 Å². The van der Waals surface area contributed by atoms with Gasteiger partial charge in [0.25, 0.3) is 0 Å². The van der Waals surface area contributed by atoms with E-state index in [1.807, 2.05) is 20.8 Å². The zero-order chi connectivity index (χ0) is 12.4. The van der Waals surface area contributed by atoms with Crippen molar-refractivity contribution in [1.29, 1.82) is 0 Å². The van der Waals surface area contributed by atoms with Gasteiger partial charge < -0.3 is 5.11 Å². The third-order valence-electron chi connectivity index (χ3n) is 3.08. The van der Waals surface area contributed by atoms with Gasteiger partial charge in [-0.25, -0.2) is 13.1 Å². The molecule has 1 aliphatic carbocycles. The normalized spacial score (nSPS) is 19.8. The molecule has 0 aromatic carbocycles. The summed E-state index contributed by atoms with van der Waals surface area (Å²) in [6.45, 7) is 6.54. The molecule has 0 bridgehead atoms. The van der Waals surface area contributed by atoms with Gasteiger partial charge in [0.05, 0.1) is 5.75 Å². The van der Waals surface area contributed by atoms with Gasteiger partial charge in [-0.2, -0.15) is 0 Å². The summed E-state index contributed by atoms with van der Waals surface area (Å²) in [6.07, 6.45) is 2.49. The molecule has 0 amide bonds. The van der Waals surface area contributed by atoms with E-state index >= 15 is 0 Å². The molecule has 16 heavy (non-hydrogen) atoms. The molecule has 0 aromatic heterocycles.